The number of hydrogen-bond donors (Lipinski definition) is 3. The van der Waals surface area contributed by atoms with E-state index in [1.54, 1.807) is 0 Å². The summed E-state index contributed by atoms with van der Waals surface area (Å²) in [6.45, 7) is 0. The Morgan fingerprint density at radius 3 is 2.30 bits per heavy atom. The van der Waals surface area contributed by atoms with Crippen LogP contribution in [0.25, 0.3) is 0 Å². The van der Waals surface area contributed by atoms with E-state index in [9.17, 15) is 27.6 Å². The highest BCUT2D eigenvalue weighted by Gasteiger charge is 2.32. The predicted molar refractivity (Wildman–Crippen MR) is 88.3 cm³/mol. The van der Waals surface area contributed by atoms with Crippen LogP contribution in [0.2, 0.25) is 0 Å². The number of nitrogens with one attached hydrogen (secondary N) is 2. The van der Waals surface area contributed by atoms with Gasteiger partial charge < -0.3 is 20.5 Å². The van der Waals surface area contributed by atoms with Gasteiger partial charge in [0.05, 0.1) is 29.8 Å². The van der Waals surface area contributed by atoms with Gasteiger partial charge in [0.25, 0.3) is 0 Å². The quantitative estimate of drug-likeness (QED) is 0.687. The maximum absolute atomic E-state index is 12.9. The van der Waals surface area contributed by atoms with Crippen molar-refractivity contribution in [3.8, 4) is 0 Å². The lowest BCUT2D eigenvalue weighted by molar-refractivity contribution is -0.143. The molecule has 1 aliphatic rings. The number of methoxy groups -OCH3 is 1. The summed E-state index contributed by atoms with van der Waals surface area (Å²) in [6, 6.07) is 1.24. The van der Waals surface area contributed by atoms with Gasteiger partial charge in [-0.15, -0.1) is 0 Å². The number of hydrogen-bond acceptors (Lipinski definition) is 4. The summed E-state index contributed by atoms with van der Waals surface area (Å²) >= 11 is 0. The number of carbonyl (C=O) groups excluding carboxylic acids is 2. The molecule has 0 saturated heterocycles. The van der Waals surface area contributed by atoms with Gasteiger partial charge >= 0.3 is 24.1 Å². The monoisotopic (exact) mass is 388 g/mol. The normalized spacial score (nSPS) is 19.9. The van der Waals surface area contributed by atoms with Gasteiger partial charge in [0.15, 0.2) is 0 Å². The number of rotatable bonds is 4. The Hall–Kier alpha value is -2.78. The molecule has 1 aromatic carbocycles. The number of carboxylic acid groups (broad SMARTS) is 1. The number of amides is 2. The van der Waals surface area contributed by atoms with Gasteiger partial charge in [-0.05, 0) is 43.9 Å². The van der Waals surface area contributed by atoms with Crippen molar-refractivity contribution >= 4 is 23.7 Å². The number of esters is 1. The van der Waals surface area contributed by atoms with E-state index >= 15 is 0 Å². The highest BCUT2D eigenvalue weighted by molar-refractivity contribution is 6.01. The second-order valence-corrected chi connectivity index (χ2v) is 6.23. The van der Waals surface area contributed by atoms with Crippen LogP contribution in [0, 0.1) is 5.92 Å². The smallest absolute Gasteiger partial charge is 0.416 e. The van der Waals surface area contributed by atoms with Crippen molar-refractivity contribution in [2.45, 2.75) is 37.9 Å². The second-order valence-electron chi connectivity index (χ2n) is 6.23. The predicted octanol–water partition coefficient (Wildman–Crippen LogP) is 3.26. The zero-order valence-corrected chi connectivity index (χ0v) is 14.4. The maximum Gasteiger partial charge on any atom is 0.416 e. The lowest BCUT2D eigenvalue weighted by Gasteiger charge is -2.27. The number of carboxylic acids is 1. The zero-order valence-electron chi connectivity index (χ0n) is 14.4. The number of halogens is 3. The standard InChI is InChI=1S/C17H19F3N2O5/c1-27-15(25)12-7-4-10(17(18,19)20)8-13(12)22-16(26)21-11-5-2-9(3-6-11)14(23)24/h4,7-9,11H,2-3,5-6H2,1H3,(H,23,24)(H2,21,22,26). The molecule has 0 aromatic heterocycles. The minimum atomic E-state index is -4.64. The van der Waals surface area contributed by atoms with Gasteiger partial charge in [0, 0.05) is 6.04 Å². The highest BCUT2D eigenvalue weighted by Crippen LogP contribution is 2.32. The Morgan fingerprint density at radius 1 is 1.15 bits per heavy atom. The Balaban J connectivity index is 2.09. The molecule has 7 nitrogen and oxygen atoms in total. The first kappa shape index (κ1) is 20.5. The van der Waals surface area contributed by atoms with E-state index in [-0.39, 0.29) is 17.3 Å². The molecule has 0 heterocycles. The molecule has 1 fully saturated rings. The maximum atomic E-state index is 12.9. The minimum absolute atomic E-state index is 0.213. The molecule has 27 heavy (non-hydrogen) atoms. The van der Waals surface area contributed by atoms with Crippen LogP contribution in [0.15, 0.2) is 18.2 Å². The summed E-state index contributed by atoms with van der Waals surface area (Å²) in [4.78, 5) is 34.8. The van der Waals surface area contributed by atoms with Crippen molar-refractivity contribution in [3.05, 3.63) is 29.3 Å². The number of anilines is 1. The van der Waals surface area contributed by atoms with Gasteiger partial charge in [0.2, 0.25) is 0 Å². The fourth-order valence-corrected chi connectivity index (χ4v) is 2.94. The van der Waals surface area contributed by atoms with Crippen molar-refractivity contribution in [1.82, 2.24) is 5.32 Å². The fourth-order valence-electron chi connectivity index (χ4n) is 2.94. The molecule has 1 aromatic rings. The third kappa shape index (κ3) is 5.35. The van der Waals surface area contributed by atoms with Crippen molar-refractivity contribution in [3.63, 3.8) is 0 Å². The first-order chi connectivity index (χ1) is 12.6. The average Bonchev–Trinajstić information content (AvgIpc) is 2.60. The number of benzene rings is 1. The topological polar surface area (TPSA) is 105 Å². The number of carbonyl (C=O) groups is 3. The van der Waals surface area contributed by atoms with E-state index in [1.165, 1.54) is 0 Å². The van der Waals surface area contributed by atoms with E-state index in [0.29, 0.717) is 31.7 Å². The summed E-state index contributed by atoms with van der Waals surface area (Å²) in [7, 11) is 1.07. The molecular formula is C17H19F3N2O5. The van der Waals surface area contributed by atoms with Gasteiger partial charge in [-0.1, -0.05) is 0 Å². The molecular weight excluding hydrogens is 369 g/mol. The average molecular weight is 388 g/mol. The van der Waals surface area contributed by atoms with E-state index in [4.69, 9.17) is 5.11 Å². The number of alkyl halides is 3. The molecule has 0 unspecified atom stereocenters. The molecule has 2 amide bonds. The Morgan fingerprint density at radius 2 is 1.78 bits per heavy atom. The van der Waals surface area contributed by atoms with Crippen LogP contribution in [0.4, 0.5) is 23.7 Å². The first-order valence-corrected chi connectivity index (χ1v) is 8.21. The summed E-state index contributed by atoms with van der Waals surface area (Å²) < 4.78 is 43.2. The number of ether oxygens (including phenoxy) is 1. The third-order valence-electron chi connectivity index (χ3n) is 4.41. The van der Waals surface area contributed by atoms with Crippen LogP contribution in [-0.4, -0.2) is 36.2 Å². The second kappa shape index (κ2) is 8.28. The lowest BCUT2D eigenvalue weighted by atomic mass is 9.86. The third-order valence-corrected chi connectivity index (χ3v) is 4.41. The van der Waals surface area contributed by atoms with Crippen LogP contribution < -0.4 is 10.6 Å². The Labute approximate surface area is 152 Å². The van der Waals surface area contributed by atoms with E-state index < -0.39 is 35.6 Å². The molecule has 0 bridgehead atoms. The first-order valence-electron chi connectivity index (χ1n) is 8.21. The van der Waals surface area contributed by atoms with Crippen LogP contribution in [0.3, 0.4) is 0 Å². The Kier molecular flexibility index (Phi) is 6.29. The molecule has 1 saturated carbocycles. The molecule has 148 valence electrons. The van der Waals surface area contributed by atoms with Crippen molar-refractivity contribution in [2.24, 2.45) is 5.92 Å². The van der Waals surface area contributed by atoms with Crippen molar-refractivity contribution in [2.75, 3.05) is 12.4 Å². The minimum Gasteiger partial charge on any atom is -0.481 e. The van der Waals surface area contributed by atoms with Crippen molar-refractivity contribution < 1.29 is 37.4 Å². The molecule has 0 aliphatic heterocycles. The Bertz CT molecular complexity index is 728. The fraction of sp³-hybridized carbons (Fsp3) is 0.471. The SMILES string of the molecule is COC(=O)c1ccc(C(F)(F)F)cc1NC(=O)NC1CCC(C(=O)O)CC1. The van der Waals surface area contributed by atoms with Gasteiger partial charge in [-0.2, -0.15) is 13.2 Å². The molecule has 0 radical (unpaired) electrons. The van der Waals surface area contributed by atoms with Crippen LogP contribution in [0.5, 0.6) is 0 Å². The number of aliphatic carboxylic acids is 1. The number of urea groups is 1. The van der Waals surface area contributed by atoms with Gasteiger partial charge in [-0.3, -0.25) is 4.79 Å². The van der Waals surface area contributed by atoms with E-state index in [0.717, 1.165) is 19.2 Å². The molecule has 2 rings (SSSR count). The largest absolute Gasteiger partial charge is 0.481 e. The highest BCUT2D eigenvalue weighted by atomic mass is 19.4. The summed E-state index contributed by atoms with van der Waals surface area (Å²) in [5.74, 6) is -2.23. The molecule has 3 N–H and O–H groups in total. The summed E-state index contributed by atoms with van der Waals surface area (Å²) in [6.07, 6.45) is -2.96. The molecule has 10 heteroatoms. The molecule has 0 spiro atoms. The van der Waals surface area contributed by atoms with E-state index in [1.807, 2.05) is 0 Å². The van der Waals surface area contributed by atoms with Crippen molar-refractivity contribution in [1.29, 1.82) is 0 Å². The van der Waals surface area contributed by atoms with Crippen LogP contribution in [0.1, 0.15) is 41.6 Å². The lowest BCUT2D eigenvalue weighted by Crippen LogP contribution is -2.41. The van der Waals surface area contributed by atoms with Gasteiger partial charge in [0.1, 0.15) is 0 Å². The molecule has 0 atom stereocenters. The molecule has 1 aliphatic carbocycles. The van der Waals surface area contributed by atoms with Crippen LogP contribution >= 0.6 is 0 Å². The summed E-state index contributed by atoms with van der Waals surface area (Å²) in [5, 5.41) is 13.8. The zero-order chi connectivity index (χ0) is 20.2. The van der Waals surface area contributed by atoms with Gasteiger partial charge in [-0.25, -0.2) is 9.59 Å². The van der Waals surface area contributed by atoms with Crippen LogP contribution in [-0.2, 0) is 15.7 Å². The van der Waals surface area contributed by atoms with E-state index in [2.05, 4.69) is 15.4 Å². The summed E-state index contributed by atoms with van der Waals surface area (Å²) in [5.41, 5.74) is -1.56.